The summed E-state index contributed by atoms with van der Waals surface area (Å²) in [6.45, 7) is 3.69. The maximum absolute atomic E-state index is 12.7. The molecule has 1 fully saturated rings. The Balaban J connectivity index is 1.48. The Bertz CT molecular complexity index is 1900. The third kappa shape index (κ3) is 14.4. The number of aromatic nitrogens is 4. The molecule has 0 saturated carbocycles. The van der Waals surface area contributed by atoms with Crippen molar-refractivity contribution in [2.24, 2.45) is 5.41 Å². The molecule has 0 aliphatic carbocycles. The van der Waals surface area contributed by atoms with Crippen molar-refractivity contribution in [1.29, 1.82) is 0 Å². The first-order chi connectivity index (χ1) is 25.9. The zero-order valence-electron chi connectivity index (χ0n) is 29.7. The molecule has 2 aromatic rings. The van der Waals surface area contributed by atoms with Crippen LogP contribution >= 0.6 is 35.2 Å². The molecule has 3 rings (SSSR count). The molecule has 29 heteroatoms. The zero-order valence-corrected chi connectivity index (χ0v) is 33.2. The summed E-state index contributed by atoms with van der Waals surface area (Å²) in [5, 5.41) is 25.9. The Labute approximate surface area is 322 Å². The molecule has 1 aliphatic heterocycles. The number of phosphoric ester groups is 3. The lowest BCUT2D eigenvalue weighted by molar-refractivity contribution is -0.137. The average Bonchev–Trinajstić information content (AvgIpc) is 3.64. The second-order valence-electron chi connectivity index (χ2n) is 12.5. The maximum Gasteiger partial charge on any atom is 0.481 e. The predicted octanol–water partition coefficient (Wildman–Crippen LogP) is -0.800. The van der Waals surface area contributed by atoms with Gasteiger partial charge in [-0.2, -0.15) is 4.31 Å². The fourth-order valence-corrected chi connectivity index (χ4v) is 8.26. The number of nitrogens with one attached hydrogen (secondary N) is 2. The number of fused-ring (bicyclic) bond motifs is 1. The molecule has 0 aromatic carbocycles. The standard InChI is InChI=1S/C27H42N7O18P3S/c1-4-5-15(35)10-18(37)56-9-8-29-17(36)6-7-30-25(40)22(39)27(2,3)12-49-55(46,47)52-54(44,45)48-11-16-21(51-53(41,42)43)20(38)26(50-16)34-14-33-19-23(28)31-13-32-24(19)34/h4,13-14,16,20-22,26,38-39H,1,5-12H2,2-3H3,(H,29,36)(H,30,40)(H,44,45)(H,46,47)(H2,28,31,32)(H2,41,42,43)/t16-,20-,21-,22+,26-/m1/s1. The van der Waals surface area contributed by atoms with E-state index in [0.29, 0.717) is 0 Å². The van der Waals surface area contributed by atoms with Crippen LogP contribution < -0.4 is 16.4 Å². The number of nitrogen functional groups attached to an aromatic ring is 1. The van der Waals surface area contributed by atoms with Crippen molar-refractivity contribution in [2.75, 3.05) is 37.8 Å². The number of aliphatic hydroxyl groups excluding tert-OH is 2. The number of ketones is 1. The fourth-order valence-electron chi connectivity index (χ4n) is 4.74. The van der Waals surface area contributed by atoms with Gasteiger partial charge in [-0.25, -0.2) is 28.6 Å². The predicted molar refractivity (Wildman–Crippen MR) is 192 cm³/mol. The van der Waals surface area contributed by atoms with Gasteiger partial charge in [-0.05, 0) is 0 Å². The van der Waals surface area contributed by atoms with Gasteiger partial charge in [0, 0.05) is 37.1 Å². The summed E-state index contributed by atoms with van der Waals surface area (Å²) in [5.74, 6) is -1.64. The van der Waals surface area contributed by atoms with Gasteiger partial charge in [-0.3, -0.25) is 37.3 Å². The number of rotatable bonds is 23. The van der Waals surface area contributed by atoms with E-state index in [9.17, 15) is 62.7 Å². The van der Waals surface area contributed by atoms with E-state index in [-0.39, 0.29) is 66.0 Å². The number of anilines is 1. The van der Waals surface area contributed by atoms with E-state index < -0.39 is 84.6 Å². The molecule has 2 unspecified atom stereocenters. The Kier molecular flexibility index (Phi) is 17.0. The van der Waals surface area contributed by atoms with Crippen molar-refractivity contribution in [3.05, 3.63) is 25.3 Å². The number of nitrogens with zero attached hydrogens (tertiary/aromatic N) is 4. The van der Waals surface area contributed by atoms with Crippen LogP contribution in [0.2, 0.25) is 0 Å². The molecule has 10 N–H and O–H groups in total. The Morgan fingerprint density at radius 3 is 2.43 bits per heavy atom. The highest BCUT2D eigenvalue weighted by Crippen LogP contribution is 2.61. The number of hydrogen-bond acceptors (Lipinski definition) is 19. The Morgan fingerprint density at radius 2 is 1.77 bits per heavy atom. The maximum atomic E-state index is 12.7. The number of carbonyl (C=O) groups is 4. The summed E-state index contributed by atoms with van der Waals surface area (Å²) in [4.78, 5) is 98.6. The zero-order chi connectivity index (χ0) is 42.1. The Hall–Kier alpha value is -3.03. The highest BCUT2D eigenvalue weighted by molar-refractivity contribution is 8.13. The van der Waals surface area contributed by atoms with E-state index in [2.05, 4.69) is 41.0 Å². The van der Waals surface area contributed by atoms with Crippen LogP contribution in [0.1, 0.15) is 39.3 Å². The normalized spacial score (nSPS) is 21.5. The molecule has 2 aromatic heterocycles. The van der Waals surface area contributed by atoms with Gasteiger partial charge in [-0.1, -0.05) is 31.7 Å². The molecule has 1 saturated heterocycles. The number of Topliss-reactive ketones (excluding diaryl/α,β-unsaturated/α-hetero) is 1. The monoisotopic (exact) mass is 877 g/mol. The van der Waals surface area contributed by atoms with E-state index in [1.807, 2.05) is 0 Å². The van der Waals surface area contributed by atoms with Crippen LogP contribution in [0.25, 0.3) is 11.2 Å². The van der Waals surface area contributed by atoms with Gasteiger partial charge in [0.25, 0.3) is 0 Å². The van der Waals surface area contributed by atoms with Crippen LogP contribution in [0.4, 0.5) is 5.82 Å². The number of ether oxygens (including phenoxy) is 1. The number of thioether (sulfide) groups is 1. The van der Waals surface area contributed by atoms with Gasteiger partial charge in [0.1, 0.15) is 42.0 Å². The molecule has 1 aliphatic rings. The minimum absolute atomic E-state index is 0.0227. The minimum atomic E-state index is -5.58. The smallest absolute Gasteiger partial charge is 0.386 e. The molecule has 25 nitrogen and oxygen atoms in total. The number of carbonyl (C=O) groups excluding carboxylic acids is 4. The van der Waals surface area contributed by atoms with Crippen molar-refractivity contribution in [1.82, 2.24) is 30.2 Å². The summed E-state index contributed by atoms with van der Waals surface area (Å²) in [6, 6.07) is 0. The molecule has 56 heavy (non-hydrogen) atoms. The highest BCUT2D eigenvalue weighted by atomic mass is 32.2. The molecule has 3 heterocycles. The number of nitrogens with two attached hydrogens (primary N) is 1. The van der Waals surface area contributed by atoms with Crippen LogP contribution in [0.15, 0.2) is 25.3 Å². The van der Waals surface area contributed by atoms with Gasteiger partial charge in [0.15, 0.2) is 22.8 Å². The first-order valence-corrected chi connectivity index (χ1v) is 21.6. The lowest BCUT2D eigenvalue weighted by Crippen LogP contribution is -2.46. The second kappa shape index (κ2) is 20.1. The average molecular weight is 878 g/mol. The van der Waals surface area contributed by atoms with E-state index in [1.54, 1.807) is 0 Å². The summed E-state index contributed by atoms with van der Waals surface area (Å²) in [7, 11) is -16.4. The Morgan fingerprint density at radius 1 is 1.09 bits per heavy atom. The largest absolute Gasteiger partial charge is 0.481 e. The van der Waals surface area contributed by atoms with E-state index in [4.69, 9.17) is 19.5 Å². The molecule has 7 atom stereocenters. The van der Waals surface area contributed by atoms with Crippen molar-refractivity contribution >= 4 is 74.9 Å². The number of imidazole rings is 1. The van der Waals surface area contributed by atoms with Gasteiger partial charge in [0.05, 0.1) is 26.0 Å². The lowest BCUT2D eigenvalue weighted by atomic mass is 9.87. The summed E-state index contributed by atoms with van der Waals surface area (Å²) in [6.07, 6.45) is -5.84. The van der Waals surface area contributed by atoms with Gasteiger partial charge >= 0.3 is 23.5 Å². The van der Waals surface area contributed by atoms with Crippen molar-refractivity contribution in [2.45, 2.75) is 63.8 Å². The quantitative estimate of drug-likeness (QED) is 0.0285. The topological polar surface area (TPSA) is 381 Å². The molecule has 2 amide bonds. The third-order valence-corrected chi connectivity index (χ3v) is 11.5. The second-order valence-corrected chi connectivity index (χ2v) is 17.9. The van der Waals surface area contributed by atoms with Crippen LogP contribution in [-0.2, 0) is 55.5 Å². The molecule has 314 valence electrons. The van der Waals surface area contributed by atoms with Crippen LogP contribution in [0.5, 0.6) is 0 Å². The first kappa shape index (κ1) is 47.3. The van der Waals surface area contributed by atoms with Crippen molar-refractivity contribution in [3.8, 4) is 0 Å². The minimum Gasteiger partial charge on any atom is -0.386 e. The van der Waals surface area contributed by atoms with E-state index in [1.165, 1.54) is 19.9 Å². The number of aliphatic hydroxyl groups is 2. The van der Waals surface area contributed by atoms with Gasteiger partial charge < -0.3 is 50.9 Å². The van der Waals surface area contributed by atoms with Crippen LogP contribution in [-0.4, -0.2) is 128 Å². The number of phosphoric acid groups is 3. The number of amides is 2. The highest BCUT2D eigenvalue weighted by Gasteiger charge is 2.50. The molecule has 0 spiro atoms. The molecular weight excluding hydrogens is 835 g/mol. The summed E-state index contributed by atoms with van der Waals surface area (Å²) in [5.41, 5.74) is 4.22. The van der Waals surface area contributed by atoms with Crippen LogP contribution in [0, 0.1) is 5.41 Å². The number of hydrogen-bond donors (Lipinski definition) is 9. The third-order valence-electron chi connectivity index (χ3n) is 7.48. The fraction of sp³-hybridized carbons (Fsp3) is 0.593. The van der Waals surface area contributed by atoms with Gasteiger partial charge in [-0.15, -0.1) is 6.58 Å². The van der Waals surface area contributed by atoms with E-state index in [0.717, 1.165) is 29.0 Å². The van der Waals surface area contributed by atoms with Crippen molar-refractivity contribution < 1.29 is 85.3 Å². The summed E-state index contributed by atoms with van der Waals surface area (Å²) >= 11 is 0.869. The lowest BCUT2D eigenvalue weighted by Gasteiger charge is -2.30. The SMILES string of the molecule is C=CCC(=O)CC(=O)SCCNC(=O)CCNC(=O)[C@H](O)C(C)(C)COP(=O)(O)OP(=O)(O)OC[C@H]1O[C@@H](n2cnc3c(N)ncnc32)[C@H](O)[C@@H]1OP(=O)(O)O. The van der Waals surface area contributed by atoms with Crippen LogP contribution in [0.3, 0.4) is 0 Å². The van der Waals surface area contributed by atoms with E-state index >= 15 is 0 Å². The molecular formula is C27H42N7O18P3S. The summed E-state index contributed by atoms with van der Waals surface area (Å²) < 4.78 is 62.0. The number of allylic oxidation sites excluding steroid dienone is 1. The van der Waals surface area contributed by atoms with Crippen molar-refractivity contribution in [3.63, 3.8) is 0 Å². The molecule has 0 radical (unpaired) electrons. The molecule has 0 bridgehead atoms. The van der Waals surface area contributed by atoms with Gasteiger partial charge in [0.2, 0.25) is 11.8 Å². The first-order valence-electron chi connectivity index (χ1n) is 16.1.